The molecule has 4 heterocycles. The highest BCUT2D eigenvalue weighted by molar-refractivity contribution is 5.91. The lowest BCUT2D eigenvalue weighted by molar-refractivity contribution is 0.0494. The smallest absolute Gasteiger partial charge is 0.292 e. The van der Waals surface area contributed by atoms with Crippen LogP contribution in [0.1, 0.15) is 40.5 Å². The number of carbonyl (C=O) groups excluding carboxylic acids is 1. The Labute approximate surface area is 157 Å². The molecule has 1 aliphatic rings. The van der Waals surface area contributed by atoms with Crippen LogP contribution in [0.2, 0.25) is 0 Å². The molecule has 0 aliphatic carbocycles. The van der Waals surface area contributed by atoms with Crippen LogP contribution in [0.3, 0.4) is 0 Å². The molecule has 3 aromatic rings. The first-order chi connectivity index (χ1) is 13.1. The summed E-state index contributed by atoms with van der Waals surface area (Å²) in [6.07, 6.45) is 3.74. The second-order valence-electron chi connectivity index (χ2n) is 6.84. The van der Waals surface area contributed by atoms with Gasteiger partial charge >= 0.3 is 0 Å². The third kappa shape index (κ3) is 3.66. The van der Waals surface area contributed by atoms with E-state index in [2.05, 4.69) is 20.2 Å². The van der Waals surface area contributed by atoms with Gasteiger partial charge in [-0.1, -0.05) is 6.07 Å². The van der Waals surface area contributed by atoms with E-state index in [4.69, 9.17) is 4.74 Å². The number of pyridine rings is 1. The molecule has 0 spiro atoms. The Balaban J connectivity index is 1.67. The molecule has 1 fully saturated rings. The molecule has 0 bridgehead atoms. The fourth-order valence-corrected chi connectivity index (χ4v) is 3.45. The highest BCUT2D eigenvalue weighted by Crippen LogP contribution is 2.17. The van der Waals surface area contributed by atoms with Gasteiger partial charge in [-0.2, -0.15) is 0 Å². The Morgan fingerprint density at radius 1 is 1.33 bits per heavy atom. The average molecular weight is 366 g/mol. The van der Waals surface area contributed by atoms with E-state index in [0.717, 1.165) is 36.5 Å². The molecule has 3 aromatic heterocycles. The summed E-state index contributed by atoms with van der Waals surface area (Å²) < 4.78 is 7.45. The summed E-state index contributed by atoms with van der Waals surface area (Å²) in [6, 6.07) is 7.60. The fourth-order valence-electron chi connectivity index (χ4n) is 3.45. The summed E-state index contributed by atoms with van der Waals surface area (Å²) in [5.41, 5.74) is 2.54. The van der Waals surface area contributed by atoms with E-state index in [-0.39, 0.29) is 17.8 Å². The molecule has 0 aromatic carbocycles. The number of hydrogen-bond donors (Lipinski definition) is 0. The van der Waals surface area contributed by atoms with E-state index >= 15 is 0 Å². The molecule has 0 radical (unpaired) electrons. The van der Waals surface area contributed by atoms with Crippen LogP contribution in [0.4, 0.5) is 0 Å². The molecule has 140 valence electrons. The zero-order chi connectivity index (χ0) is 18.8. The van der Waals surface area contributed by atoms with Gasteiger partial charge in [0.05, 0.1) is 18.3 Å². The highest BCUT2D eigenvalue weighted by Gasteiger charge is 2.27. The van der Waals surface area contributed by atoms with Crippen LogP contribution in [0.15, 0.2) is 30.5 Å². The molecule has 27 heavy (non-hydrogen) atoms. The largest absolute Gasteiger partial charge is 0.376 e. The third-order valence-corrected chi connectivity index (χ3v) is 4.70. The van der Waals surface area contributed by atoms with Crippen LogP contribution in [0, 0.1) is 13.8 Å². The standard InChI is InChI=1S/C19H22N6O2/c1-13-10-14(2)25-17(22-23-19(25)21-13)18(26)24(12-16-7-5-9-27-16)11-15-6-3-4-8-20-15/h3-4,6,8,10,16H,5,7,9,11-12H2,1-2H3. The van der Waals surface area contributed by atoms with Crippen molar-refractivity contribution in [2.75, 3.05) is 13.2 Å². The van der Waals surface area contributed by atoms with Gasteiger partial charge in [-0.25, -0.2) is 4.98 Å². The average Bonchev–Trinajstić information content (AvgIpc) is 3.31. The molecule has 1 saturated heterocycles. The maximum absolute atomic E-state index is 13.3. The lowest BCUT2D eigenvalue weighted by Gasteiger charge is -2.24. The molecular weight excluding hydrogens is 344 g/mol. The number of aryl methyl sites for hydroxylation is 2. The minimum Gasteiger partial charge on any atom is -0.376 e. The molecule has 1 unspecified atom stereocenters. The number of rotatable bonds is 5. The maximum atomic E-state index is 13.3. The predicted molar refractivity (Wildman–Crippen MR) is 98.2 cm³/mol. The normalized spacial score (nSPS) is 16.7. The van der Waals surface area contributed by atoms with Crippen LogP contribution < -0.4 is 0 Å². The van der Waals surface area contributed by atoms with E-state index in [1.807, 2.05) is 38.1 Å². The van der Waals surface area contributed by atoms with Crippen molar-refractivity contribution in [2.24, 2.45) is 0 Å². The Morgan fingerprint density at radius 2 is 2.22 bits per heavy atom. The molecule has 0 N–H and O–H groups in total. The summed E-state index contributed by atoms with van der Waals surface area (Å²) in [5, 5.41) is 8.22. The lowest BCUT2D eigenvalue weighted by atomic mass is 10.2. The van der Waals surface area contributed by atoms with Gasteiger partial charge < -0.3 is 9.64 Å². The molecule has 8 heteroatoms. The first-order valence-corrected chi connectivity index (χ1v) is 9.12. The zero-order valence-corrected chi connectivity index (χ0v) is 15.5. The van der Waals surface area contributed by atoms with Crippen molar-refractivity contribution >= 4 is 11.7 Å². The fraction of sp³-hybridized carbons (Fsp3) is 0.421. The minimum absolute atomic E-state index is 0.0401. The van der Waals surface area contributed by atoms with Crippen molar-refractivity contribution < 1.29 is 9.53 Å². The number of carbonyl (C=O) groups is 1. The van der Waals surface area contributed by atoms with Gasteiger partial charge in [0.15, 0.2) is 0 Å². The van der Waals surface area contributed by atoms with E-state index in [0.29, 0.717) is 18.9 Å². The molecular formula is C19H22N6O2. The van der Waals surface area contributed by atoms with Crippen LogP contribution in [0.5, 0.6) is 0 Å². The summed E-state index contributed by atoms with van der Waals surface area (Å²) in [7, 11) is 0. The monoisotopic (exact) mass is 366 g/mol. The van der Waals surface area contributed by atoms with Crippen LogP contribution >= 0.6 is 0 Å². The van der Waals surface area contributed by atoms with Crippen molar-refractivity contribution in [3.05, 3.63) is 53.4 Å². The third-order valence-electron chi connectivity index (χ3n) is 4.70. The Morgan fingerprint density at radius 3 is 2.96 bits per heavy atom. The van der Waals surface area contributed by atoms with Crippen molar-refractivity contribution in [2.45, 2.75) is 39.3 Å². The summed E-state index contributed by atoms with van der Waals surface area (Å²) in [4.78, 5) is 23.8. The molecule has 1 aliphatic heterocycles. The number of fused-ring (bicyclic) bond motifs is 1. The van der Waals surface area contributed by atoms with Crippen LogP contribution in [0.25, 0.3) is 5.78 Å². The SMILES string of the molecule is Cc1cc(C)n2c(C(=O)N(Cc3ccccn3)CC3CCCO3)nnc2n1. The molecule has 4 rings (SSSR count). The van der Waals surface area contributed by atoms with Crippen LogP contribution in [-0.4, -0.2) is 54.6 Å². The second kappa shape index (κ2) is 7.40. The molecule has 1 amide bonds. The van der Waals surface area contributed by atoms with E-state index in [1.165, 1.54) is 0 Å². The van der Waals surface area contributed by atoms with Crippen molar-refractivity contribution in [3.63, 3.8) is 0 Å². The van der Waals surface area contributed by atoms with E-state index < -0.39 is 0 Å². The molecule has 8 nitrogen and oxygen atoms in total. The first kappa shape index (κ1) is 17.5. The Hall–Kier alpha value is -2.87. The van der Waals surface area contributed by atoms with Gasteiger partial charge in [0, 0.05) is 30.7 Å². The number of amides is 1. The maximum Gasteiger partial charge on any atom is 0.292 e. The van der Waals surface area contributed by atoms with Gasteiger partial charge in [-0.05, 0) is 44.9 Å². The van der Waals surface area contributed by atoms with Gasteiger partial charge in [0.25, 0.3) is 11.7 Å². The van der Waals surface area contributed by atoms with Gasteiger partial charge in [0.2, 0.25) is 5.82 Å². The van der Waals surface area contributed by atoms with Crippen molar-refractivity contribution in [1.82, 2.24) is 29.5 Å². The van der Waals surface area contributed by atoms with E-state index in [1.54, 1.807) is 15.5 Å². The topological polar surface area (TPSA) is 85.5 Å². The first-order valence-electron chi connectivity index (χ1n) is 9.12. The van der Waals surface area contributed by atoms with Crippen LogP contribution in [-0.2, 0) is 11.3 Å². The van der Waals surface area contributed by atoms with E-state index in [9.17, 15) is 4.79 Å². The summed E-state index contributed by atoms with van der Waals surface area (Å²) in [6.45, 7) is 5.46. The number of ether oxygens (including phenoxy) is 1. The van der Waals surface area contributed by atoms with Gasteiger partial charge in [-0.15, -0.1) is 10.2 Å². The number of nitrogens with zero attached hydrogens (tertiary/aromatic N) is 6. The lowest BCUT2D eigenvalue weighted by Crippen LogP contribution is -2.38. The van der Waals surface area contributed by atoms with Gasteiger partial charge in [0.1, 0.15) is 0 Å². The number of hydrogen-bond acceptors (Lipinski definition) is 6. The van der Waals surface area contributed by atoms with Gasteiger partial charge in [-0.3, -0.25) is 14.2 Å². The molecule has 1 atom stereocenters. The zero-order valence-electron chi connectivity index (χ0n) is 15.5. The van der Waals surface area contributed by atoms with Crippen molar-refractivity contribution in [3.8, 4) is 0 Å². The molecule has 0 saturated carbocycles. The minimum atomic E-state index is -0.197. The number of aromatic nitrogens is 5. The Bertz CT molecular complexity index is 949. The summed E-state index contributed by atoms with van der Waals surface area (Å²) in [5.74, 6) is 0.507. The second-order valence-corrected chi connectivity index (χ2v) is 6.84. The predicted octanol–water partition coefficient (Wildman–Crippen LogP) is 1.96. The van der Waals surface area contributed by atoms with Crippen molar-refractivity contribution in [1.29, 1.82) is 0 Å². The Kier molecular flexibility index (Phi) is 4.81. The summed E-state index contributed by atoms with van der Waals surface area (Å²) >= 11 is 0. The highest BCUT2D eigenvalue weighted by atomic mass is 16.5. The quantitative estimate of drug-likeness (QED) is 0.686.